The van der Waals surface area contributed by atoms with Gasteiger partial charge in [-0.3, -0.25) is 4.79 Å². The summed E-state index contributed by atoms with van der Waals surface area (Å²) < 4.78 is 0. The van der Waals surface area contributed by atoms with E-state index in [0.29, 0.717) is 12.1 Å². The zero-order chi connectivity index (χ0) is 8.81. The fraction of sp³-hybridized carbons (Fsp3) is 0.333. The molecule has 0 radical (unpaired) electrons. The van der Waals surface area contributed by atoms with Crippen molar-refractivity contribution in [3.8, 4) is 0 Å². The van der Waals surface area contributed by atoms with E-state index in [9.17, 15) is 4.79 Å². The van der Waals surface area contributed by atoms with Crippen LogP contribution >= 0.6 is 11.3 Å². The molecule has 0 aromatic carbocycles. The highest BCUT2D eigenvalue weighted by molar-refractivity contribution is 7.07. The molecule has 0 aliphatic carbocycles. The highest BCUT2D eigenvalue weighted by Crippen LogP contribution is 2.07. The molecule has 0 saturated carbocycles. The molecule has 64 valence electrons. The molecular formula is C9H11NOS. The van der Waals surface area contributed by atoms with Gasteiger partial charge in [-0.15, -0.1) is 17.9 Å². The van der Waals surface area contributed by atoms with Crippen molar-refractivity contribution >= 4 is 17.1 Å². The normalized spacial score (nSPS) is 9.67. The molecule has 1 heterocycles. The van der Waals surface area contributed by atoms with Gasteiger partial charge in [0.1, 0.15) is 5.69 Å². The van der Waals surface area contributed by atoms with E-state index < -0.39 is 0 Å². The molecule has 0 spiro atoms. The minimum atomic E-state index is 0.137. The van der Waals surface area contributed by atoms with Gasteiger partial charge in [0, 0.05) is 11.8 Å². The van der Waals surface area contributed by atoms with Crippen molar-refractivity contribution in [3.63, 3.8) is 0 Å². The third kappa shape index (κ3) is 2.58. The number of unbranched alkanes of at least 4 members (excludes halogenated alkanes) is 1. The standard InChI is InChI=1S/C9H11NOS/c1-2-3-4-5-9(11)8-6-12-7-10-8/h2,6-7H,1,3-5H2. The first-order valence-corrected chi connectivity index (χ1v) is 4.81. The van der Waals surface area contributed by atoms with Crippen molar-refractivity contribution in [2.75, 3.05) is 0 Å². The van der Waals surface area contributed by atoms with Crippen molar-refractivity contribution < 1.29 is 4.79 Å². The van der Waals surface area contributed by atoms with Gasteiger partial charge in [0.05, 0.1) is 5.51 Å². The molecule has 0 N–H and O–H groups in total. The lowest BCUT2D eigenvalue weighted by atomic mass is 10.1. The summed E-state index contributed by atoms with van der Waals surface area (Å²) in [5, 5.41) is 1.79. The number of carbonyl (C=O) groups is 1. The van der Waals surface area contributed by atoms with Gasteiger partial charge in [0.2, 0.25) is 0 Å². The zero-order valence-corrected chi connectivity index (χ0v) is 7.64. The fourth-order valence-electron chi connectivity index (χ4n) is 0.885. The minimum absolute atomic E-state index is 0.137. The number of hydrogen-bond acceptors (Lipinski definition) is 3. The molecule has 0 bridgehead atoms. The van der Waals surface area contributed by atoms with Gasteiger partial charge in [-0.25, -0.2) is 4.98 Å². The molecule has 1 aromatic rings. The third-order valence-electron chi connectivity index (χ3n) is 1.53. The van der Waals surface area contributed by atoms with Crippen molar-refractivity contribution in [2.45, 2.75) is 19.3 Å². The summed E-state index contributed by atoms with van der Waals surface area (Å²) in [5.41, 5.74) is 2.28. The van der Waals surface area contributed by atoms with E-state index in [4.69, 9.17) is 0 Å². The molecule has 0 amide bonds. The molecule has 1 rings (SSSR count). The van der Waals surface area contributed by atoms with Gasteiger partial charge in [0.25, 0.3) is 0 Å². The van der Waals surface area contributed by atoms with Crippen LogP contribution in [0.15, 0.2) is 23.5 Å². The molecule has 12 heavy (non-hydrogen) atoms. The lowest BCUT2D eigenvalue weighted by Gasteiger charge is -1.93. The topological polar surface area (TPSA) is 30.0 Å². The van der Waals surface area contributed by atoms with Crippen LogP contribution in [0.2, 0.25) is 0 Å². The van der Waals surface area contributed by atoms with E-state index in [1.807, 2.05) is 6.08 Å². The summed E-state index contributed by atoms with van der Waals surface area (Å²) in [5.74, 6) is 0.137. The SMILES string of the molecule is C=CCCCC(=O)c1cscn1. The van der Waals surface area contributed by atoms with Crippen LogP contribution in [-0.4, -0.2) is 10.8 Å². The molecule has 0 fully saturated rings. The molecule has 3 heteroatoms. The molecule has 2 nitrogen and oxygen atoms in total. The first kappa shape index (κ1) is 9.13. The van der Waals surface area contributed by atoms with Crippen molar-refractivity contribution in [2.24, 2.45) is 0 Å². The average Bonchev–Trinajstić information content (AvgIpc) is 2.56. The van der Waals surface area contributed by atoms with E-state index in [0.717, 1.165) is 12.8 Å². The Morgan fingerprint density at radius 3 is 3.17 bits per heavy atom. The first-order valence-electron chi connectivity index (χ1n) is 3.87. The first-order chi connectivity index (χ1) is 5.84. The highest BCUT2D eigenvalue weighted by Gasteiger charge is 2.05. The van der Waals surface area contributed by atoms with E-state index >= 15 is 0 Å². The largest absolute Gasteiger partial charge is 0.292 e. The van der Waals surface area contributed by atoms with Gasteiger partial charge in [-0.05, 0) is 12.8 Å². The summed E-state index contributed by atoms with van der Waals surface area (Å²) in [7, 11) is 0. The second-order valence-electron chi connectivity index (χ2n) is 2.48. The Bertz CT molecular complexity index is 254. The Balaban J connectivity index is 2.34. The van der Waals surface area contributed by atoms with Crippen molar-refractivity contribution in [1.29, 1.82) is 0 Å². The van der Waals surface area contributed by atoms with Gasteiger partial charge in [0.15, 0.2) is 5.78 Å². The van der Waals surface area contributed by atoms with Crippen LogP contribution in [0.3, 0.4) is 0 Å². The predicted molar refractivity (Wildman–Crippen MR) is 50.5 cm³/mol. The summed E-state index contributed by atoms with van der Waals surface area (Å²) >= 11 is 1.46. The van der Waals surface area contributed by atoms with Crippen LogP contribution in [0.25, 0.3) is 0 Å². The Morgan fingerprint density at radius 2 is 2.58 bits per heavy atom. The van der Waals surface area contributed by atoms with E-state index in [1.54, 1.807) is 10.9 Å². The van der Waals surface area contributed by atoms with E-state index in [-0.39, 0.29) is 5.78 Å². The second kappa shape index (κ2) is 4.83. The van der Waals surface area contributed by atoms with Crippen LogP contribution < -0.4 is 0 Å². The fourth-order valence-corrected chi connectivity index (χ4v) is 1.44. The second-order valence-corrected chi connectivity index (χ2v) is 3.20. The molecule has 0 aliphatic heterocycles. The Kier molecular flexibility index (Phi) is 3.67. The number of Topliss-reactive ketones (excluding diaryl/α,β-unsaturated/α-hetero) is 1. The van der Waals surface area contributed by atoms with Crippen LogP contribution in [0, 0.1) is 0 Å². The molecule has 0 atom stereocenters. The van der Waals surface area contributed by atoms with Crippen LogP contribution in [0.4, 0.5) is 0 Å². The number of nitrogens with zero attached hydrogens (tertiary/aromatic N) is 1. The Hall–Kier alpha value is -0.960. The van der Waals surface area contributed by atoms with Crippen LogP contribution in [-0.2, 0) is 0 Å². The van der Waals surface area contributed by atoms with Gasteiger partial charge in [-0.1, -0.05) is 6.08 Å². The Labute approximate surface area is 76.0 Å². The summed E-state index contributed by atoms with van der Waals surface area (Å²) in [6.07, 6.45) is 4.18. The zero-order valence-electron chi connectivity index (χ0n) is 6.82. The van der Waals surface area contributed by atoms with E-state index in [2.05, 4.69) is 11.6 Å². The number of aromatic nitrogens is 1. The van der Waals surface area contributed by atoms with E-state index in [1.165, 1.54) is 11.3 Å². The van der Waals surface area contributed by atoms with Crippen LogP contribution in [0.5, 0.6) is 0 Å². The molecule has 1 aromatic heterocycles. The predicted octanol–water partition coefficient (Wildman–Crippen LogP) is 2.68. The van der Waals surface area contributed by atoms with Crippen LogP contribution in [0.1, 0.15) is 29.8 Å². The molecule has 0 saturated heterocycles. The quantitative estimate of drug-likeness (QED) is 0.397. The number of hydrogen-bond donors (Lipinski definition) is 0. The number of carbonyl (C=O) groups excluding carboxylic acids is 1. The van der Waals surface area contributed by atoms with Gasteiger partial charge < -0.3 is 0 Å². The maximum absolute atomic E-state index is 11.3. The maximum atomic E-state index is 11.3. The summed E-state index contributed by atoms with van der Waals surface area (Å²) in [6, 6.07) is 0. The maximum Gasteiger partial charge on any atom is 0.182 e. The average molecular weight is 181 g/mol. The molecular weight excluding hydrogens is 170 g/mol. The minimum Gasteiger partial charge on any atom is -0.292 e. The summed E-state index contributed by atoms with van der Waals surface area (Å²) in [4.78, 5) is 15.2. The van der Waals surface area contributed by atoms with Gasteiger partial charge in [-0.2, -0.15) is 0 Å². The lowest BCUT2D eigenvalue weighted by molar-refractivity contribution is 0.0976. The van der Waals surface area contributed by atoms with Crippen molar-refractivity contribution in [1.82, 2.24) is 4.98 Å². The monoisotopic (exact) mass is 181 g/mol. The number of allylic oxidation sites excluding steroid dienone is 1. The highest BCUT2D eigenvalue weighted by atomic mass is 32.1. The molecule has 0 aliphatic rings. The third-order valence-corrected chi connectivity index (χ3v) is 2.12. The summed E-state index contributed by atoms with van der Waals surface area (Å²) in [6.45, 7) is 3.60. The Morgan fingerprint density at radius 1 is 1.75 bits per heavy atom. The molecule has 0 unspecified atom stereocenters. The van der Waals surface area contributed by atoms with Crippen molar-refractivity contribution in [3.05, 3.63) is 29.2 Å². The number of ketones is 1. The number of rotatable bonds is 5. The number of thiazole rings is 1. The lowest BCUT2D eigenvalue weighted by Crippen LogP contribution is -1.98. The van der Waals surface area contributed by atoms with Gasteiger partial charge >= 0.3 is 0 Å². The smallest absolute Gasteiger partial charge is 0.182 e.